The number of anilines is 2. The van der Waals surface area contributed by atoms with Gasteiger partial charge in [-0.25, -0.2) is 4.79 Å². The molecule has 3 rings (SSSR count). The van der Waals surface area contributed by atoms with E-state index in [0.29, 0.717) is 18.8 Å². The molecule has 1 saturated heterocycles. The Bertz CT molecular complexity index is 839. The summed E-state index contributed by atoms with van der Waals surface area (Å²) < 4.78 is 10.1. The average Bonchev–Trinajstić information content (AvgIpc) is 2.69. The van der Waals surface area contributed by atoms with Crippen LogP contribution in [0.25, 0.3) is 0 Å². The Morgan fingerprint density at radius 1 is 1.14 bits per heavy atom. The van der Waals surface area contributed by atoms with E-state index in [1.807, 2.05) is 30.3 Å². The van der Waals surface area contributed by atoms with Gasteiger partial charge in [0, 0.05) is 24.3 Å². The highest BCUT2D eigenvalue weighted by atomic mass is 16.6. The van der Waals surface area contributed by atoms with Gasteiger partial charge in [0.05, 0.1) is 6.61 Å². The topological polar surface area (TPSA) is 111 Å². The number of amides is 3. The Balaban J connectivity index is 1.67. The van der Waals surface area contributed by atoms with Gasteiger partial charge in [-0.15, -0.1) is 0 Å². The number of nitrogens with zero attached hydrogens (tertiary/aromatic N) is 1. The summed E-state index contributed by atoms with van der Waals surface area (Å²) in [6, 6.07) is 16.0. The Hall–Kier alpha value is -3.39. The SMILES string of the molecule is NC(=O)OC(Cc1ccccc1)C(=O)Nc1ccc(N2CCOCC2=O)cc1. The Morgan fingerprint density at radius 2 is 1.86 bits per heavy atom. The Kier molecular flexibility index (Phi) is 6.23. The highest BCUT2D eigenvalue weighted by Crippen LogP contribution is 2.20. The molecule has 3 N–H and O–H groups in total. The van der Waals surface area contributed by atoms with Gasteiger partial charge in [-0.05, 0) is 29.8 Å². The van der Waals surface area contributed by atoms with Crippen molar-refractivity contribution in [1.29, 1.82) is 0 Å². The van der Waals surface area contributed by atoms with Crippen LogP contribution in [0.1, 0.15) is 5.56 Å². The van der Waals surface area contributed by atoms with Gasteiger partial charge >= 0.3 is 6.09 Å². The number of carbonyl (C=O) groups excluding carboxylic acids is 3. The normalized spacial score (nSPS) is 15.0. The van der Waals surface area contributed by atoms with E-state index in [4.69, 9.17) is 15.2 Å². The molecule has 1 atom stereocenters. The quantitative estimate of drug-likeness (QED) is 0.789. The van der Waals surface area contributed by atoms with E-state index in [0.717, 1.165) is 11.3 Å². The molecule has 1 heterocycles. The lowest BCUT2D eigenvalue weighted by Gasteiger charge is -2.27. The molecule has 0 aromatic heterocycles. The molecule has 0 bridgehead atoms. The number of carbonyl (C=O) groups is 3. The molecule has 2 aromatic carbocycles. The van der Waals surface area contributed by atoms with Crippen molar-refractivity contribution in [3.8, 4) is 0 Å². The molecule has 1 aliphatic heterocycles. The first-order valence-electron chi connectivity index (χ1n) is 8.82. The van der Waals surface area contributed by atoms with E-state index in [1.165, 1.54) is 0 Å². The second-order valence-corrected chi connectivity index (χ2v) is 6.25. The zero-order chi connectivity index (χ0) is 19.9. The van der Waals surface area contributed by atoms with Crippen molar-refractivity contribution in [2.75, 3.05) is 30.0 Å². The lowest BCUT2D eigenvalue weighted by atomic mass is 10.1. The van der Waals surface area contributed by atoms with E-state index >= 15 is 0 Å². The van der Waals surface area contributed by atoms with Crippen molar-refractivity contribution in [3.05, 3.63) is 60.2 Å². The number of rotatable bonds is 6. The summed E-state index contributed by atoms with van der Waals surface area (Å²) in [7, 11) is 0. The number of primary amides is 1. The molecule has 1 unspecified atom stereocenters. The van der Waals surface area contributed by atoms with E-state index in [-0.39, 0.29) is 18.9 Å². The van der Waals surface area contributed by atoms with E-state index in [9.17, 15) is 14.4 Å². The summed E-state index contributed by atoms with van der Waals surface area (Å²) in [5.41, 5.74) is 7.18. The van der Waals surface area contributed by atoms with Crippen molar-refractivity contribution in [1.82, 2.24) is 0 Å². The molecule has 2 aromatic rings. The molecule has 1 fully saturated rings. The van der Waals surface area contributed by atoms with Gasteiger partial charge < -0.3 is 25.4 Å². The van der Waals surface area contributed by atoms with Crippen LogP contribution in [-0.4, -0.2) is 43.8 Å². The van der Waals surface area contributed by atoms with Gasteiger partial charge in [-0.2, -0.15) is 0 Å². The lowest BCUT2D eigenvalue weighted by Crippen LogP contribution is -2.41. The fraction of sp³-hybridized carbons (Fsp3) is 0.250. The number of morpholine rings is 1. The van der Waals surface area contributed by atoms with E-state index < -0.39 is 18.1 Å². The summed E-state index contributed by atoms with van der Waals surface area (Å²) in [6.07, 6.45) is -1.87. The van der Waals surface area contributed by atoms with E-state index in [2.05, 4.69) is 5.32 Å². The molecule has 8 heteroatoms. The van der Waals surface area contributed by atoms with Crippen LogP contribution < -0.4 is 16.0 Å². The maximum Gasteiger partial charge on any atom is 0.405 e. The van der Waals surface area contributed by atoms with Crippen molar-refractivity contribution in [3.63, 3.8) is 0 Å². The minimum atomic E-state index is -1.06. The highest BCUT2D eigenvalue weighted by molar-refractivity contribution is 5.97. The minimum Gasteiger partial charge on any atom is -0.436 e. The monoisotopic (exact) mass is 383 g/mol. The van der Waals surface area contributed by atoms with Crippen LogP contribution in [0.5, 0.6) is 0 Å². The number of hydrogen-bond donors (Lipinski definition) is 2. The van der Waals surface area contributed by atoms with Crippen LogP contribution >= 0.6 is 0 Å². The molecule has 0 aliphatic carbocycles. The highest BCUT2D eigenvalue weighted by Gasteiger charge is 2.23. The summed E-state index contributed by atoms with van der Waals surface area (Å²) in [5.74, 6) is -0.598. The molecule has 0 saturated carbocycles. The summed E-state index contributed by atoms with van der Waals surface area (Å²) in [4.78, 5) is 37.3. The Morgan fingerprint density at radius 3 is 2.50 bits per heavy atom. The summed E-state index contributed by atoms with van der Waals surface area (Å²) in [6.45, 7) is 1.02. The van der Waals surface area contributed by atoms with Crippen LogP contribution in [0.4, 0.5) is 16.2 Å². The molecule has 28 heavy (non-hydrogen) atoms. The third-order valence-corrected chi connectivity index (χ3v) is 4.25. The average molecular weight is 383 g/mol. The van der Waals surface area contributed by atoms with Gasteiger partial charge in [0.15, 0.2) is 6.10 Å². The predicted octanol–water partition coefficient (Wildman–Crippen LogP) is 1.69. The largest absolute Gasteiger partial charge is 0.436 e. The van der Waals surface area contributed by atoms with Crippen LogP contribution in [0, 0.1) is 0 Å². The van der Waals surface area contributed by atoms with Crippen LogP contribution in [-0.2, 0) is 25.5 Å². The maximum absolute atomic E-state index is 12.6. The first kappa shape index (κ1) is 19.4. The van der Waals surface area contributed by atoms with E-state index in [1.54, 1.807) is 29.2 Å². The smallest absolute Gasteiger partial charge is 0.405 e. The number of nitrogens with two attached hydrogens (primary N) is 1. The summed E-state index contributed by atoms with van der Waals surface area (Å²) >= 11 is 0. The van der Waals surface area contributed by atoms with Gasteiger partial charge in [0.25, 0.3) is 11.8 Å². The molecular weight excluding hydrogens is 362 g/mol. The lowest BCUT2D eigenvalue weighted by molar-refractivity contribution is -0.126. The van der Waals surface area contributed by atoms with Gasteiger partial charge in [-0.3, -0.25) is 9.59 Å². The third-order valence-electron chi connectivity index (χ3n) is 4.25. The number of nitrogens with one attached hydrogen (secondary N) is 1. The van der Waals surface area contributed by atoms with Crippen molar-refractivity contribution in [2.45, 2.75) is 12.5 Å². The maximum atomic E-state index is 12.6. The predicted molar refractivity (Wildman–Crippen MR) is 103 cm³/mol. The molecule has 0 radical (unpaired) electrons. The van der Waals surface area contributed by atoms with Crippen molar-refractivity contribution < 1.29 is 23.9 Å². The molecule has 8 nitrogen and oxygen atoms in total. The van der Waals surface area contributed by atoms with Crippen LogP contribution in [0.2, 0.25) is 0 Å². The fourth-order valence-corrected chi connectivity index (χ4v) is 2.89. The number of ether oxygens (including phenoxy) is 2. The van der Waals surface area contributed by atoms with Crippen molar-refractivity contribution >= 4 is 29.3 Å². The van der Waals surface area contributed by atoms with Gasteiger partial charge in [-0.1, -0.05) is 30.3 Å². The van der Waals surface area contributed by atoms with Gasteiger partial charge in [0.2, 0.25) is 0 Å². The summed E-state index contributed by atoms with van der Waals surface area (Å²) in [5, 5.41) is 2.71. The zero-order valence-corrected chi connectivity index (χ0v) is 15.2. The molecule has 3 amide bonds. The molecule has 1 aliphatic rings. The molecule has 0 spiro atoms. The second kappa shape index (κ2) is 9.01. The minimum absolute atomic E-state index is 0.0596. The van der Waals surface area contributed by atoms with Crippen molar-refractivity contribution in [2.24, 2.45) is 5.73 Å². The Labute approximate surface area is 162 Å². The third kappa shape index (κ3) is 5.08. The number of benzene rings is 2. The number of hydrogen-bond acceptors (Lipinski definition) is 5. The fourth-order valence-electron chi connectivity index (χ4n) is 2.89. The van der Waals surface area contributed by atoms with Crippen LogP contribution in [0.15, 0.2) is 54.6 Å². The molecule has 146 valence electrons. The first-order valence-corrected chi connectivity index (χ1v) is 8.82. The standard InChI is InChI=1S/C20H21N3O5/c21-20(26)28-17(12-14-4-2-1-3-5-14)19(25)22-15-6-8-16(9-7-15)23-10-11-27-13-18(23)24/h1-9,17H,10-13H2,(H2,21,26)(H,22,25). The zero-order valence-electron chi connectivity index (χ0n) is 15.2. The molecular formula is C20H21N3O5. The van der Waals surface area contributed by atoms with Gasteiger partial charge in [0.1, 0.15) is 6.61 Å². The first-order chi connectivity index (χ1) is 13.5. The second-order valence-electron chi connectivity index (χ2n) is 6.25. The van der Waals surface area contributed by atoms with Crippen LogP contribution in [0.3, 0.4) is 0 Å².